The third-order valence-corrected chi connectivity index (χ3v) is 5.45. The molecule has 3 nitrogen and oxygen atoms in total. The van der Waals surface area contributed by atoms with Crippen molar-refractivity contribution in [1.29, 1.82) is 0 Å². The van der Waals surface area contributed by atoms with Crippen molar-refractivity contribution in [2.45, 2.75) is 33.0 Å². The van der Waals surface area contributed by atoms with E-state index in [0.29, 0.717) is 11.3 Å². The number of furan rings is 1. The van der Waals surface area contributed by atoms with E-state index < -0.39 is 6.85 Å². The Morgan fingerprint density at radius 2 is 1.70 bits per heavy atom. The van der Waals surface area contributed by atoms with Crippen LogP contribution in [-0.4, -0.2) is 9.97 Å². The van der Waals surface area contributed by atoms with Crippen molar-refractivity contribution in [3.8, 4) is 22.4 Å². The molecule has 0 aliphatic carbocycles. The third-order valence-electron chi connectivity index (χ3n) is 5.45. The maximum absolute atomic E-state index is 7.65. The second-order valence-corrected chi connectivity index (χ2v) is 8.56. The SMILES string of the molecule is [2H]C([2H])([2H])c1ccc2c(n1)oc1c(-c3cc(-c4ccccc4C(C)(C)C)ccn3)cccc12. The van der Waals surface area contributed by atoms with Crippen LogP contribution < -0.4 is 0 Å². The fraction of sp³-hybridized carbons (Fsp3) is 0.185. The Morgan fingerprint density at radius 3 is 2.53 bits per heavy atom. The molecule has 0 bridgehead atoms. The fourth-order valence-electron chi connectivity index (χ4n) is 4.01. The molecule has 148 valence electrons. The van der Waals surface area contributed by atoms with E-state index in [1.54, 1.807) is 12.1 Å². The number of hydrogen-bond acceptors (Lipinski definition) is 3. The second-order valence-electron chi connectivity index (χ2n) is 8.56. The van der Waals surface area contributed by atoms with E-state index in [9.17, 15) is 0 Å². The molecule has 0 fully saturated rings. The first kappa shape index (κ1) is 15.4. The number of fused-ring (bicyclic) bond motifs is 3. The molecule has 0 spiro atoms. The average Bonchev–Trinajstić information content (AvgIpc) is 3.16. The van der Waals surface area contributed by atoms with Crippen molar-refractivity contribution in [2.24, 2.45) is 0 Å². The van der Waals surface area contributed by atoms with E-state index in [1.807, 2.05) is 30.5 Å². The summed E-state index contributed by atoms with van der Waals surface area (Å²) >= 11 is 0. The highest BCUT2D eigenvalue weighted by Gasteiger charge is 2.19. The van der Waals surface area contributed by atoms with Gasteiger partial charge >= 0.3 is 0 Å². The molecule has 0 radical (unpaired) electrons. The van der Waals surface area contributed by atoms with E-state index in [2.05, 4.69) is 61.1 Å². The number of aryl methyl sites for hydroxylation is 1. The van der Waals surface area contributed by atoms with E-state index in [-0.39, 0.29) is 11.1 Å². The first-order valence-electron chi connectivity index (χ1n) is 11.5. The largest absolute Gasteiger partial charge is 0.437 e. The molecule has 0 saturated heterocycles. The molecule has 5 rings (SSSR count). The number of hydrogen-bond donors (Lipinski definition) is 0. The normalized spacial score (nSPS) is 13.9. The van der Waals surface area contributed by atoms with Crippen LogP contribution in [0.3, 0.4) is 0 Å². The fourth-order valence-corrected chi connectivity index (χ4v) is 4.01. The number of nitrogens with zero attached hydrogens (tertiary/aromatic N) is 2. The van der Waals surface area contributed by atoms with Gasteiger partial charge in [0.1, 0.15) is 5.58 Å². The summed E-state index contributed by atoms with van der Waals surface area (Å²) in [7, 11) is 0. The molecule has 0 unspecified atom stereocenters. The molecule has 0 aliphatic rings. The van der Waals surface area contributed by atoms with Crippen LogP contribution in [0.1, 0.15) is 36.1 Å². The Hall–Kier alpha value is -3.46. The Morgan fingerprint density at radius 1 is 0.867 bits per heavy atom. The predicted octanol–water partition coefficient (Wildman–Crippen LogP) is 7.32. The highest BCUT2D eigenvalue weighted by molar-refractivity contribution is 6.08. The Balaban J connectivity index is 1.68. The van der Waals surface area contributed by atoms with Gasteiger partial charge in [-0.15, -0.1) is 0 Å². The van der Waals surface area contributed by atoms with Crippen molar-refractivity contribution in [2.75, 3.05) is 0 Å². The molecule has 3 aromatic heterocycles. The molecule has 3 heteroatoms. The van der Waals surface area contributed by atoms with Gasteiger partial charge in [0.25, 0.3) is 0 Å². The lowest BCUT2D eigenvalue weighted by Gasteiger charge is -2.23. The molecule has 0 N–H and O–H groups in total. The van der Waals surface area contributed by atoms with Crippen LogP contribution in [0, 0.1) is 6.85 Å². The molecule has 0 aliphatic heterocycles. The number of benzene rings is 2. The summed E-state index contributed by atoms with van der Waals surface area (Å²) in [5.41, 5.74) is 6.16. The summed E-state index contributed by atoms with van der Waals surface area (Å²) in [5.74, 6) is 0. The maximum atomic E-state index is 7.65. The van der Waals surface area contributed by atoms with E-state index in [4.69, 9.17) is 8.53 Å². The summed E-state index contributed by atoms with van der Waals surface area (Å²) < 4.78 is 29.0. The molecule has 0 saturated carbocycles. The minimum absolute atomic E-state index is 0.00488. The van der Waals surface area contributed by atoms with Crippen molar-refractivity contribution in [3.63, 3.8) is 0 Å². The highest BCUT2D eigenvalue weighted by atomic mass is 16.3. The van der Waals surface area contributed by atoms with Crippen LogP contribution in [0.2, 0.25) is 0 Å². The lowest BCUT2D eigenvalue weighted by Crippen LogP contribution is -2.12. The summed E-state index contributed by atoms with van der Waals surface area (Å²) in [5, 5.41) is 1.67. The Kier molecular flexibility index (Phi) is 3.49. The molecule has 3 heterocycles. The molecule has 0 atom stereocenters. The zero-order valence-corrected chi connectivity index (χ0v) is 17.2. The number of para-hydroxylation sites is 1. The average molecular weight is 396 g/mol. The third kappa shape index (κ3) is 3.07. The number of aromatic nitrogens is 2. The van der Waals surface area contributed by atoms with Crippen LogP contribution in [0.25, 0.3) is 44.5 Å². The van der Waals surface area contributed by atoms with Crippen molar-refractivity contribution < 1.29 is 8.53 Å². The van der Waals surface area contributed by atoms with Crippen molar-refractivity contribution >= 4 is 22.1 Å². The second kappa shape index (κ2) is 6.81. The molecule has 5 aromatic rings. The van der Waals surface area contributed by atoms with Gasteiger partial charge in [-0.1, -0.05) is 57.2 Å². The summed E-state index contributed by atoms with van der Waals surface area (Å²) in [4.78, 5) is 8.91. The zero-order valence-electron chi connectivity index (χ0n) is 20.2. The number of rotatable bonds is 2. The standard InChI is InChI=1S/C27H24N2O/c1-17-12-13-21-20-9-7-10-22(25(20)30-26(21)29-17)24-16-18(14-15-28-24)19-8-5-6-11-23(19)27(2,3)4/h5-16H,1-4H3/i1D3. The Labute approximate surface area is 180 Å². The quantitative estimate of drug-likeness (QED) is 0.314. The highest BCUT2D eigenvalue weighted by Crippen LogP contribution is 2.37. The monoisotopic (exact) mass is 395 g/mol. The predicted molar refractivity (Wildman–Crippen MR) is 124 cm³/mol. The molecule has 0 amide bonds. The summed E-state index contributed by atoms with van der Waals surface area (Å²) in [6.45, 7) is 4.35. The topological polar surface area (TPSA) is 38.9 Å². The van der Waals surface area contributed by atoms with Gasteiger partial charge < -0.3 is 4.42 Å². The van der Waals surface area contributed by atoms with Crippen molar-refractivity contribution in [1.82, 2.24) is 9.97 Å². The Bertz CT molecular complexity index is 1490. The van der Waals surface area contributed by atoms with Gasteiger partial charge in [0, 0.05) is 32.3 Å². The first-order chi connectivity index (χ1) is 15.6. The maximum Gasteiger partial charge on any atom is 0.227 e. The summed E-state index contributed by atoms with van der Waals surface area (Å²) in [6.07, 6.45) is 1.82. The van der Waals surface area contributed by atoms with E-state index in [1.165, 1.54) is 11.1 Å². The lowest BCUT2D eigenvalue weighted by atomic mass is 9.82. The van der Waals surface area contributed by atoms with Crippen LogP contribution in [0.4, 0.5) is 0 Å². The number of pyridine rings is 2. The van der Waals surface area contributed by atoms with Gasteiger partial charge in [0.2, 0.25) is 5.71 Å². The molecule has 30 heavy (non-hydrogen) atoms. The van der Waals surface area contributed by atoms with Crippen molar-refractivity contribution in [3.05, 3.63) is 84.2 Å². The van der Waals surface area contributed by atoms with Gasteiger partial charge in [-0.25, -0.2) is 4.98 Å². The smallest absolute Gasteiger partial charge is 0.227 e. The first-order valence-corrected chi connectivity index (χ1v) is 10.0. The molecule has 2 aromatic carbocycles. The van der Waals surface area contributed by atoms with Gasteiger partial charge in [0.15, 0.2) is 0 Å². The van der Waals surface area contributed by atoms with E-state index in [0.717, 1.165) is 27.6 Å². The molecular weight excluding hydrogens is 368 g/mol. The lowest BCUT2D eigenvalue weighted by molar-refractivity contribution is 0.592. The van der Waals surface area contributed by atoms with Gasteiger partial charge in [-0.05, 0) is 59.3 Å². The minimum Gasteiger partial charge on any atom is -0.437 e. The van der Waals surface area contributed by atoms with Gasteiger partial charge in [-0.3, -0.25) is 4.98 Å². The van der Waals surface area contributed by atoms with Gasteiger partial charge in [-0.2, -0.15) is 0 Å². The minimum atomic E-state index is -2.29. The van der Waals surface area contributed by atoms with Crippen LogP contribution in [-0.2, 0) is 5.41 Å². The molecular formula is C27H24N2O. The zero-order chi connectivity index (χ0) is 23.4. The van der Waals surface area contributed by atoms with Crippen LogP contribution in [0.15, 0.2) is 77.3 Å². The van der Waals surface area contributed by atoms with Crippen LogP contribution in [0.5, 0.6) is 0 Å². The van der Waals surface area contributed by atoms with Gasteiger partial charge in [0.05, 0.1) is 5.69 Å². The van der Waals surface area contributed by atoms with Crippen LogP contribution >= 0.6 is 0 Å². The van der Waals surface area contributed by atoms with E-state index >= 15 is 0 Å². The summed E-state index contributed by atoms with van der Waals surface area (Å²) in [6, 6.07) is 21.7.